The fourth-order valence-corrected chi connectivity index (χ4v) is 4.53. The summed E-state index contributed by atoms with van der Waals surface area (Å²) >= 11 is 1.43. The SMILES string of the molecule is CSc1nc(-c2ccnc(S(=O)(=O)c3ccccc3)c2)c(-c2ccc(F)cc2)[nH]1. The fourth-order valence-electron chi connectivity index (χ4n) is 2.91. The molecule has 4 rings (SSSR count). The van der Waals surface area contributed by atoms with Gasteiger partial charge in [-0.25, -0.2) is 22.8 Å². The summed E-state index contributed by atoms with van der Waals surface area (Å²) in [7, 11) is -3.76. The molecule has 8 heteroatoms. The minimum atomic E-state index is -3.76. The molecule has 0 aliphatic rings. The van der Waals surface area contributed by atoms with Crippen LogP contribution < -0.4 is 0 Å². The van der Waals surface area contributed by atoms with Crippen LogP contribution in [0.1, 0.15) is 0 Å². The molecule has 2 heterocycles. The highest BCUT2D eigenvalue weighted by atomic mass is 32.2. The number of benzene rings is 2. The van der Waals surface area contributed by atoms with Crippen LogP contribution in [-0.2, 0) is 9.84 Å². The van der Waals surface area contributed by atoms with E-state index in [1.165, 1.54) is 48.3 Å². The second-order valence-corrected chi connectivity index (χ2v) is 8.87. The zero-order valence-electron chi connectivity index (χ0n) is 15.3. The molecule has 2 aromatic heterocycles. The summed E-state index contributed by atoms with van der Waals surface area (Å²) < 4.78 is 39.2. The maximum Gasteiger partial charge on any atom is 0.223 e. The van der Waals surface area contributed by atoms with Gasteiger partial charge in [-0.2, -0.15) is 0 Å². The lowest BCUT2D eigenvalue weighted by molar-refractivity contribution is 0.592. The summed E-state index contributed by atoms with van der Waals surface area (Å²) in [5.41, 5.74) is 2.61. The van der Waals surface area contributed by atoms with Crippen molar-refractivity contribution in [2.45, 2.75) is 15.1 Å². The van der Waals surface area contributed by atoms with E-state index in [1.807, 2.05) is 6.26 Å². The highest BCUT2D eigenvalue weighted by molar-refractivity contribution is 7.98. The van der Waals surface area contributed by atoms with Gasteiger partial charge < -0.3 is 4.98 Å². The van der Waals surface area contributed by atoms with Crippen molar-refractivity contribution in [2.24, 2.45) is 0 Å². The van der Waals surface area contributed by atoms with Crippen molar-refractivity contribution in [3.8, 4) is 22.5 Å². The van der Waals surface area contributed by atoms with Gasteiger partial charge in [-0.3, -0.25) is 0 Å². The number of hydrogen-bond acceptors (Lipinski definition) is 5. The average molecular weight is 426 g/mol. The standard InChI is InChI=1S/C21H16FN3O2S2/c1-28-21-24-19(14-7-9-16(22)10-8-14)20(25-21)15-11-12-23-18(13-15)29(26,27)17-5-3-2-4-6-17/h2-13H,1H3,(H,24,25). The third-order valence-corrected chi connectivity index (χ3v) is 6.59. The number of H-pyrrole nitrogens is 1. The number of aromatic amines is 1. The minimum absolute atomic E-state index is 0.0556. The molecule has 0 fully saturated rings. The molecule has 0 amide bonds. The summed E-state index contributed by atoms with van der Waals surface area (Å²) in [4.78, 5) is 12.0. The summed E-state index contributed by atoms with van der Waals surface area (Å²) in [5.74, 6) is -0.333. The molecule has 0 saturated carbocycles. The van der Waals surface area contributed by atoms with Gasteiger partial charge in [0.1, 0.15) is 5.82 Å². The summed E-state index contributed by atoms with van der Waals surface area (Å²) in [5, 5.41) is 0.614. The molecule has 2 aromatic carbocycles. The van der Waals surface area contributed by atoms with E-state index in [4.69, 9.17) is 0 Å². The second-order valence-electron chi connectivity index (χ2n) is 6.18. The van der Waals surface area contributed by atoms with Crippen LogP contribution >= 0.6 is 11.8 Å². The van der Waals surface area contributed by atoms with Crippen molar-refractivity contribution in [1.29, 1.82) is 0 Å². The van der Waals surface area contributed by atoms with Gasteiger partial charge in [0.25, 0.3) is 0 Å². The van der Waals surface area contributed by atoms with Crippen LogP contribution in [0.2, 0.25) is 0 Å². The van der Waals surface area contributed by atoms with E-state index < -0.39 is 9.84 Å². The molecule has 5 nitrogen and oxygen atoms in total. The fraction of sp³-hybridized carbons (Fsp3) is 0.0476. The number of sulfone groups is 1. The highest BCUT2D eigenvalue weighted by Crippen LogP contribution is 2.33. The Kier molecular flexibility index (Phi) is 5.21. The van der Waals surface area contributed by atoms with E-state index in [0.717, 1.165) is 5.56 Å². The van der Waals surface area contributed by atoms with E-state index in [0.29, 0.717) is 22.1 Å². The van der Waals surface area contributed by atoms with Crippen molar-refractivity contribution in [1.82, 2.24) is 15.0 Å². The molecular formula is C21H16FN3O2S2. The van der Waals surface area contributed by atoms with Crippen LogP contribution in [0.5, 0.6) is 0 Å². The van der Waals surface area contributed by atoms with Crippen LogP contribution in [0.4, 0.5) is 4.39 Å². The Bertz CT molecular complexity index is 1250. The monoisotopic (exact) mass is 425 g/mol. The number of halogens is 1. The highest BCUT2D eigenvalue weighted by Gasteiger charge is 2.21. The van der Waals surface area contributed by atoms with Crippen LogP contribution in [0, 0.1) is 5.82 Å². The lowest BCUT2D eigenvalue weighted by atomic mass is 10.1. The van der Waals surface area contributed by atoms with E-state index in [2.05, 4.69) is 15.0 Å². The zero-order valence-corrected chi connectivity index (χ0v) is 17.0. The third kappa shape index (κ3) is 3.81. The van der Waals surface area contributed by atoms with E-state index in [-0.39, 0.29) is 15.7 Å². The van der Waals surface area contributed by atoms with Gasteiger partial charge in [-0.05, 0) is 54.8 Å². The van der Waals surface area contributed by atoms with Crippen molar-refractivity contribution < 1.29 is 12.8 Å². The van der Waals surface area contributed by atoms with E-state index in [9.17, 15) is 12.8 Å². The summed E-state index contributed by atoms with van der Waals surface area (Å²) in [6, 6.07) is 17.4. The Morgan fingerprint density at radius 1 is 0.966 bits per heavy atom. The molecular weight excluding hydrogens is 409 g/mol. The van der Waals surface area contributed by atoms with Gasteiger partial charge in [0.2, 0.25) is 9.84 Å². The maximum absolute atomic E-state index is 13.3. The lowest BCUT2D eigenvalue weighted by Gasteiger charge is -2.07. The number of nitrogens with zero attached hydrogens (tertiary/aromatic N) is 2. The van der Waals surface area contributed by atoms with Crippen molar-refractivity contribution in [3.63, 3.8) is 0 Å². The molecule has 0 spiro atoms. The lowest BCUT2D eigenvalue weighted by Crippen LogP contribution is -2.04. The average Bonchev–Trinajstić information content (AvgIpc) is 3.19. The predicted molar refractivity (Wildman–Crippen MR) is 111 cm³/mol. The Morgan fingerprint density at radius 3 is 2.38 bits per heavy atom. The second kappa shape index (κ2) is 7.81. The number of imidazole rings is 1. The Hall–Kier alpha value is -2.97. The van der Waals surface area contributed by atoms with Gasteiger partial charge in [0.05, 0.1) is 16.3 Å². The molecule has 0 radical (unpaired) electrons. The first-order valence-electron chi connectivity index (χ1n) is 8.65. The van der Waals surface area contributed by atoms with Crippen LogP contribution in [0.15, 0.2) is 88.0 Å². The van der Waals surface area contributed by atoms with Gasteiger partial charge in [0, 0.05) is 17.3 Å². The molecule has 0 saturated heterocycles. The zero-order chi connectivity index (χ0) is 20.4. The number of thioether (sulfide) groups is 1. The first kappa shape index (κ1) is 19.4. The molecule has 0 aliphatic carbocycles. The maximum atomic E-state index is 13.3. The topological polar surface area (TPSA) is 75.7 Å². The number of nitrogens with one attached hydrogen (secondary N) is 1. The minimum Gasteiger partial charge on any atom is -0.332 e. The van der Waals surface area contributed by atoms with Gasteiger partial charge in [-0.15, -0.1) is 0 Å². The number of aromatic nitrogens is 3. The number of hydrogen-bond donors (Lipinski definition) is 1. The largest absolute Gasteiger partial charge is 0.332 e. The first-order chi connectivity index (χ1) is 14.0. The molecule has 0 bridgehead atoms. The summed E-state index contributed by atoms with van der Waals surface area (Å²) in [6.07, 6.45) is 3.34. The van der Waals surface area contributed by atoms with Crippen molar-refractivity contribution >= 4 is 21.6 Å². The Balaban J connectivity index is 1.84. The molecule has 4 aromatic rings. The number of pyridine rings is 1. The van der Waals surface area contributed by atoms with Crippen LogP contribution in [0.3, 0.4) is 0 Å². The van der Waals surface area contributed by atoms with E-state index >= 15 is 0 Å². The third-order valence-electron chi connectivity index (χ3n) is 4.35. The summed E-state index contributed by atoms with van der Waals surface area (Å²) in [6.45, 7) is 0. The Morgan fingerprint density at radius 2 is 1.69 bits per heavy atom. The van der Waals surface area contributed by atoms with Crippen LogP contribution in [-0.4, -0.2) is 29.6 Å². The molecule has 29 heavy (non-hydrogen) atoms. The van der Waals surface area contributed by atoms with Crippen molar-refractivity contribution in [3.05, 3.63) is 78.7 Å². The molecule has 0 atom stereocenters. The van der Waals surface area contributed by atoms with Crippen molar-refractivity contribution in [2.75, 3.05) is 6.26 Å². The molecule has 0 unspecified atom stereocenters. The van der Waals surface area contributed by atoms with Gasteiger partial charge in [0.15, 0.2) is 10.2 Å². The van der Waals surface area contributed by atoms with Crippen LogP contribution in [0.25, 0.3) is 22.5 Å². The van der Waals surface area contributed by atoms with Gasteiger partial charge >= 0.3 is 0 Å². The first-order valence-corrected chi connectivity index (χ1v) is 11.4. The predicted octanol–water partition coefficient (Wildman–Crippen LogP) is 4.83. The smallest absolute Gasteiger partial charge is 0.223 e. The normalized spacial score (nSPS) is 11.5. The number of rotatable bonds is 5. The molecule has 146 valence electrons. The molecule has 0 aliphatic heterocycles. The van der Waals surface area contributed by atoms with Gasteiger partial charge in [-0.1, -0.05) is 30.0 Å². The Labute approximate surface area is 172 Å². The van der Waals surface area contributed by atoms with E-state index in [1.54, 1.807) is 36.4 Å². The molecule has 1 N–H and O–H groups in total. The quantitative estimate of drug-likeness (QED) is 0.464.